The molecular weight excluding hydrogens is 293 g/mol. The lowest BCUT2D eigenvalue weighted by molar-refractivity contribution is -0.141. The fourth-order valence-corrected chi connectivity index (χ4v) is 2.04. The SMILES string of the molecule is CC(CCc1ccccc1)Nc1cc(C(F)(F)F)nc(N)n1. The number of nitrogen functional groups attached to an aromatic ring is 1. The standard InChI is InChI=1S/C15H17F3N4/c1-10(7-8-11-5-3-2-4-6-11)20-13-9-12(15(16,17)18)21-14(19)22-13/h2-6,9-10H,7-8H2,1H3,(H3,19,20,21,22). The lowest BCUT2D eigenvalue weighted by atomic mass is 10.1. The van der Waals surface area contributed by atoms with Gasteiger partial charge in [-0.05, 0) is 25.3 Å². The molecule has 3 N–H and O–H groups in total. The number of hydrogen-bond donors (Lipinski definition) is 2. The first-order chi connectivity index (χ1) is 10.3. The van der Waals surface area contributed by atoms with E-state index in [-0.39, 0.29) is 11.9 Å². The van der Waals surface area contributed by atoms with E-state index in [1.54, 1.807) is 0 Å². The molecule has 0 radical (unpaired) electrons. The van der Waals surface area contributed by atoms with Crippen LogP contribution in [0.3, 0.4) is 0 Å². The van der Waals surface area contributed by atoms with Gasteiger partial charge in [-0.3, -0.25) is 0 Å². The highest BCUT2D eigenvalue weighted by Crippen LogP contribution is 2.29. The van der Waals surface area contributed by atoms with Crippen molar-refractivity contribution >= 4 is 11.8 Å². The Bertz CT molecular complexity index is 614. The van der Waals surface area contributed by atoms with Gasteiger partial charge in [0.05, 0.1) is 0 Å². The molecule has 0 spiro atoms. The zero-order chi connectivity index (χ0) is 16.2. The molecule has 22 heavy (non-hydrogen) atoms. The third kappa shape index (κ3) is 4.61. The van der Waals surface area contributed by atoms with Crippen molar-refractivity contribution in [2.24, 2.45) is 0 Å². The second kappa shape index (κ2) is 6.64. The molecule has 7 heteroatoms. The molecule has 2 rings (SSSR count). The van der Waals surface area contributed by atoms with Crippen molar-refractivity contribution in [1.82, 2.24) is 9.97 Å². The Morgan fingerprint density at radius 2 is 1.86 bits per heavy atom. The minimum atomic E-state index is -4.54. The lowest BCUT2D eigenvalue weighted by Gasteiger charge is -2.16. The number of rotatable bonds is 5. The van der Waals surface area contributed by atoms with Crippen molar-refractivity contribution in [1.29, 1.82) is 0 Å². The van der Waals surface area contributed by atoms with Crippen LogP contribution in [0.5, 0.6) is 0 Å². The Balaban J connectivity index is 1.99. The molecule has 1 atom stereocenters. The number of nitrogens with one attached hydrogen (secondary N) is 1. The molecule has 0 aliphatic carbocycles. The summed E-state index contributed by atoms with van der Waals surface area (Å²) in [5, 5.41) is 2.93. The number of nitrogens with two attached hydrogens (primary N) is 1. The van der Waals surface area contributed by atoms with E-state index in [1.807, 2.05) is 37.3 Å². The first-order valence-electron chi connectivity index (χ1n) is 6.87. The molecule has 4 nitrogen and oxygen atoms in total. The quantitative estimate of drug-likeness (QED) is 0.887. The summed E-state index contributed by atoms with van der Waals surface area (Å²) < 4.78 is 38.0. The first-order valence-corrected chi connectivity index (χ1v) is 6.87. The maximum atomic E-state index is 12.7. The molecule has 1 unspecified atom stereocenters. The Labute approximate surface area is 126 Å². The Morgan fingerprint density at radius 1 is 1.18 bits per heavy atom. The van der Waals surface area contributed by atoms with Crippen LogP contribution in [0.15, 0.2) is 36.4 Å². The normalized spacial score (nSPS) is 12.9. The summed E-state index contributed by atoms with van der Waals surface area (Å²) in [6.07, 6.45) is -2.96. The average molecular weight is 310 g/mol. The van der Waals surface area contributed by atoms with Crippen LogP contribution in [0.1, 0.15) is 24.6 Å². The van der Waals surface area contributed by atoms with Crippen LogP contribution in [-0.4, -0.2) is 16.0 Å². The Kier molecular flexibility index (Phi) is 4.85. The third-order valence-corrected chi connectivity index (χ3v) is 3.14. The number of aryl methyl sites for hydroxylation is 1. The van der Waals surface area contributed by atoms with E-state index in [1.165, 1.54) is 5.56 Å². The van der Waals surface area contributed by atoms with E-state index in [2.05, 4.69) is 15.3 Å². The van der Waals surface area contributed by atoms with Gasteiger partial charge in [-0.2, -0.15) is 18.2 Å². The van der Waals surface area contributed by atoms with E-state index >= 15 is 0 Å². The molecule has 1 aromatic heterocycles. The zero-order valence-corrected chi connectivity index (χ0v) is 12.1. The number of halogens is 3. The molecule has 0 amide bonds. The topological polar surface area (TPSA) is 63.8 Å². The third-order valence-electron chi connectivity index (χ3n) is 3.14. The second-order valence-corrected chi connectivity index (χ2v) is 5.06. The highest BCUT2D eigenvalue weighted by atomic mass is 19.4. The summed E-state index contributed by atoms with van der Waals surface area (Å²) in [5.74, 6) is -0.312. The second-order valence-electron chi connectivity index (χ2n) is 5.06. The molecule has 0 saturated heterocycles. The molecule has 0 aliphatic rings. The molecule has 0 saturated carbocycles. The number of alkyl halides is 3. The summed E-state index contributed by atoms with van der Waals surface area (Å²) in [5.41, 5.74) is 5.47. The van der Waals surface area contributed by atoms with Crippen molar-refractivity contribution in [2.75, 3.05) is 11.1 Å². The summed E-state index contributed by atoms with van der Waals surface area (Å²) >= 11 is 0. The van der Waals surface area contributed by atoms with Gasteiger partial charge in [0.2, 0.25) is 5.95 Å². The van der Waals surface area contributed by atoms with Gasteiger partial charge < -0.3 is 11.1 Å². The maximum Gasteiger partial charge on any atom is 0.433 e. The lowest BCUT2D eigenvalue weighted by Crippen LogP contribution is -2.19. The van der Waals surface area contributed by atoms with E-state index in [0.717, 1.165) is 18.9 Å². The highest BCUT2D eigenvalue weighted by Gasteiger charge is 2.33. The Hall–Kier alpha value is -2.31. The van der Waals surface area contributed by atoms with Crippen LogP contribution >= 0.6 is 0 Å². The van der Waals surface area contributed by atoms with E-state index < -0.39 is 17.8 Å². The minimum absolute atomic E-state index is 0.0458. The summed E-state index contributed by atoms with van der Waals surface area (Å²) in [4.78, 5) is 7.01. The largest absolute Gasteiger partial charge is 0.433 e. The molecule has 2 aromatic rings. The zero-order valence-electron chi connectivity index (χ0n) is 12.1. The van der Waals surface area contributed by atoms with E-state index in [9.17, 15) is 13.2 Å². The van der Waals surface area contributed by atoms with Gasteiger partial charge in [-0.25, -0.2) is 4.98 Å². The van der Waals surface area contributed by atoms with Crippen molar-refractivity contribution in [3.63, 3.8) is 0 Å². The number of aromatic nitrogens is 2. The smallest absolute Gasteiger partial charge is 0.368 e. The molecule has 1 aromatic carbocycles. The fraction of sp³-hybridized carbons (Fsp3) is 0.333. The number of benzene rings is 1. The van der Waals surface area contributed by atoms with Gasteiger partial charge in [0.25, 0.3) is 0 Å². The van der Waals surface area contributed by atoms with Gasteiger partial charge in [-0.1, -0.05) is 30.3 Å². The number of hydrogen-bond acceptors (Lipinski definition) is 4. The molecule has 0 bridgehead atoms. The molecular formula is C15H17F3N4. The predicted octanol–water partition coefficient (Wildman–Crippen LogP) is 3.51. The van der Waals surface area contributed by atoms with E-state index in [0.29, 0.717) is 0 Å². The highest BCUT2D eigenvalue weighted by molar-refractivity contribution is 5.42. The maximum absolute atomic E-state index is 12.7. The van der Waals surface area contributed by atoms with Crippen molar-refractivity contribution < 1.29 is 13.2 Å². The number of nitrogens with zero attached hydrogens (tertiary/aromatic N) is 2. The van der Waals surface area contributed by atoms with E-state index in [4.69, 9.17) is 5.73 Å². The molecule has 1 heterocycles. The molecule has 118 valence electrons. The summed E-state index contributed by atoms with van der Waals surface area (Å²) in [7, 11) is 0. The van der Waals surface area contributed by atoms with Crippen molar-refractivity contribution in [2.45, 2.75) is 32.0 Å². The average Bonchev–Trinajstić information content (AvgIpc) is 2.45. The van der Waals surface area contributed by atoms with Crippen LogP contribution < -0.4 is 11.1 Å². The molecule has 0 aliphatic heterocycles. The van der Waals surface area contributed by atoms with Crippen LogP contribution in [0.4, 0.5) is 24.9 Å². The van der Waals surface area contributed by atoms with Crippen molar-refractivity contribution in [3.8, 4) is 0 Å². The van der Waals surface area contributed by atoms with Gasteiger partial charge in [0.15, 0.2) is 5.69 Å². The number of anilines is 2. The van der Waals surface area contributed by atoms with Crippen LogP contribution in [0.25, 0.3) is 0 Å². The first kappa shape index (κ1) is 16.1. The van der Waals surface area contributed by atoms with Gasteiger partial charge >= 0.3 is 6.18 Å². The van der Waals surface area contributed by atoms with Crippen LogP contribution in [-0.2, 0) is 12.6 Å². The Morgan fingerprint density at radius 3 is 2.50 bits per heavy atom. The minimum Gasteiger partial charge on any atom is -0.368 e. The monoisotopic (exact) mass is 310 g/mol. The van der Waals surface area contributed by atoms with Crippen molar-refractivity contribution in [3.05, 3.63) is 47.7 Å². The fourth-order valence-electron chi connectivity index (χ4n) is 2.04. The van der Waals surface area contributed by atoms with Crippen LogP contribution in [0.2, 0.25) is 0 Å². The summed E-state index contributed by atoms with van der Waals surface area (Å²) in [6.45, 7) is 1.88. The summed E-state index contributed by atoms with van der Waals surface area (Å²) in [6, 6.07) is 10.7. The molecule has 0 fully saturated rings. The van der Waals surface area contributed by atoms with Crippen LogP contribution in [0, 0.1) is 0 Å². The van der Waals surface area contributed by atoms with Gasteiger partial charge in [0, 0.05) is 12.1 Å². The van der Waals surface area contributed by atoms with Gasteiger partial charge in [-0.15, -0.1) is 0 Å². The van der Waals surface area contributed by atoms with Gasteiger partial charge in [0.1, 0.15) is 5.82 Å². The predicted molar refractivity (Wildman–Crippen MR) is 79.3 cm³/mol.